The van der Waals surface area contributed by atoms with Crippen LogP contribution in [0.5, 0.6) is 5.75 Å². The zero-order valence-corrected chi connectivity index (χ0v) is 14.2. The van der Waals surface area contributed by atoms with E-state index in [0.717, 1.165) is 11.3 Å². The normalized spacial score (nSPS) is 11.6. The molecule has 6 nitrogen and oxygen atoms in total. The Morgan fingerprint density at radius 1 is 1.16 bits per heavy atom. The first-order chi connectivity index (χ1) is 12.2. The predicted octanol–water partition coefficient (Wildman–Crippen LogP) is 1.43. The Morgan fingerprint density at radius 2 is 1.88 bits per heavy atom. The molecule has 0 spiro atoms. The lowest BCUT2D eigenvalue weighted by atomic mass is 10.1. The Morgan fingerprint density at radius 3 is 2.64 bits per heavy atom. The number of rotatable bonds is 9. The minimum absolute atomic E-state index is 0.169. The fraction of sp³-hybridized carbons (Fsp3) is 0.316. The molecule has 0 aromatic heterocycles. The van der Waals surface area contributed by atoms with Crippen molar-refractivity contribution in [1.29, 1.82) is 0 Å². The number of carbonyl (C=O) groups excluding carboxylic acids is 1. The van der Waals surface area contributed by atoms with Crippen molar-refractivity contribution in [3.05, 3.63) is 59.7 Å². The van der Waals surface area contributed by atoms with Crippen LogP contribution in [0.4, 0.5) is 5.69 Å². The van der Waals surface area contributed by atoms with Gasteiger partial charge in [0.2, 0.25) is 0 Å². The van der Waals surface area contributed by atoms with Crippen LogP contribution in [0.3, 0.4) is 0 Å². The fourth-order valence-corrected chi connectivity index (χ4v) is 2.44. The smallest absolute Gasteiger partial charge is 0.253 e. The van der Waals surface area contributed by atoms with Crippen molar-refractivity contribution in [1.82, 2.24) is 5.32 Å². The fourth-order valence-electron chi connectivity index (χ4n) is 2.44. The van der Waals surface area contributed by atoms with E-state index in [1.807, 2.05) is 24.3 Å². The SMILES string of the molecule is COc1ccccc1CCNC(=O)c1ccccc1NCC(O)CO. The first kappa shape index (κ1) is 18.8. The Hall–Kier alpha value is -2.57. The number of aliphatic hydroxyl groups excluding tert-OH is 2. The molecule has 1 atom stereocenters. The summed E-state index contributed by atoms with van der Waals surface area (Å²) in [5, 5.41) is 24.2. The van der Waals surface area contributed by atoms with Gasteiger partial charge >= 0.3 is 0 Å². The monoisotopic (exact) mass is 344 g/mol. The standard InChI is InChI=1S/C19H24N2O4/c1-25-18-9-5-2-6-14(18)10-11-20-19(24)16-7-3-4-8-17(16)21-12-15(23)13-22/h2-9,15,21-23H,10-13H2,1H3,(H,20,24). The zero-order chi connectivity index (χ0) is 18.1. The van der Waals surface area contributed by atoms with Crippen LogP contribution in [0.2, 0.25) is 0 Å². The summed E-state index contributed by atoms with van der Waals surface area (Å²) >= 11 is 0. The maximum atomic E-state index is 12.4. The Balaban J connectivity index is 1.94. The number of nitrogens with one attached hydrogen (secondary N) is 2. The molecule has 0 bridgehead atoms. The third-order valence-corrected chi connectivity index (χ3v) is 3.78. The summed E-state index contributed by atoms with van der Waals surface area (Å²) < 4.78 is 5.30. The van der Waals surface area contributed by atoms with Crippen molar-refractivity contribution in [2.45, 2.75) is 12.5 Å². The minimum atomic E-state index is -0.873. The average Bonchev–Trinajstić information content (AvgIpc) is 2.66. The van der Waals surface area contributed by atoms with E-state index >= 15 is 0 Å². The van der Waals surface area contributed by atoms with Crippen LogP contribution in [-0.4, -0.2) is 49.0 Å². The molecule has 2 aromatic carbocycles. The molecule has 25 heavy (non-hydrogen) atoms. The number of para-hydroxylation sites is 2. The zero-order valence-electron chi connectivity index (χ0n) is 14.2. The van der Waals surface area contributed by atoms with Gasteiger partial charge in [0.05, 0.1) is 25.4 Å². The second-order valence-corrected chi connectivity index (χ2v) is 5.58. The summed E-state index contributed by atoms with van der Waals surface area (Å²) in [7, 11) is 1.63. The molecule has 0 aliphatic rings. The quantitative estimate of drug-likeness (QED) is 0.552. The lowest BCUT2D eigenvalue weighted by molar-refractivity contribution is 0.0953. The number of ether oxygens (including phenoxy) is 1. The van der Waals surface area contributed by atoms with Crippen LogP contribution < -0.4 is 15.4 Å². The van der Waals surface area contributed by atoms with E-state index in [9.17, 15) is 9.90 Å². The van der Waals surface area contributed by atoms with E-state index < -0.39 is 6.10 Å². The average molecular weight is 344 g/mol. The maximum Gasteiger partial charge on any atom is 0.253 e. The Kier molecular flexibility index (Phi) is 7.25. The van der Waals surface area contributed by atoms with Crippen molar-refractivity contribution in [3.63, 3.8) is 0 Å². The second-order valence-electron chi connectivity index (χ2n) is 5.58. The molecule has 0 saturated heterocycles. The molecule has 2 aromatic rings. The van der Waals surface area contributed by atoms with E-state index in [-0.39, 0.29) is 19.1 Å². The van der Waals surface area contributed by atoms with Crippen molar-refractivity contribution >= 4 is 11.6 Å². The van der Waals surface area contributed by atoms with E-state index in [2.05, 4.69) is 10.6 Å². The van der Waals surface area contributed by atoms with Gasteiger partial charge in [0.1, 0.15) is 5.75 Å². The minimum Gasteiger partial charge on any atom is -0.496 e. The van der Waals surface area contributed by atoms with Crippen molar-refractivity contribution in [2.75, 3.05) is 32.1 Å². The molecule has 1 amide bonds. The number of amides is 1. The maximum absolute atomic E-state index is 12.4. The van der Waals surface area contributed by atoms with Gasteiger partial charge in [-0.3, -0.25) is 4.79 Å². The molecule has 0 saturated carbocycles. The van der Waals surface area contributed by atoms with Crippen LogP contribution in [0, 0.1) is 0 Å². The molecule has 0 fully saturated rings. The summed E-state index contributed by atoms with van der Waals surface area (Å²) in [6.45, 7) is 0.315. The Labute approximate surface area is 147 Å². The van der Waals surface area contributed by atoms with Gasteiger partial charge in [-0.1, -0.05) is 30.3 Å². The Bertz CT molecular complexity index is 691. The highest BCUT2D eigenvalue weighted by atomic mass is 16.5. The van der Waals surface area contributed by atoms with E-state index in [1.165, 1.54) is 0 Å². The number of benzene rings is 2. The van der Waals surface area contributed by atoms with Crippen LogP contribution in [0.15, 0.2) is 48.5 Å². The molecule has 6 heteroatoms. The first-order valence-electron chi connectivity index (χ1n) is 8.17. The molecular formula is C19H24N2O4. The van der Waals surface area contributed by atoms with Gasteiger partial charge in [0.25, 0.3) is 5.91 Å². The third kappa shape index (κ3) is 5.48. The van der Waals surface area contributed by atoms with E-state index in [1.54, 1.807) is 31.4 Å². The topological polar surface area (TPSA) is 90.8 Å². The highest BCUT2D eigenvalue weighted by molar-refractivity contribution is 5.99. The molecule has 4 N–H and O–H groups in total. The third-order valence-electron chi connectivity index (χ3n) is 3.78. The number of aliphatic hydroxyl groups is 2. The van der Waals surface area contributed by atoms with Gasteiger partial charge in [-0.05, 0) is 30.2 Å². The highest BCUT2D eigenvalue weighted by Crippen LogP contribution is 2.18. The predicted molar refractivity (Wildman–Crippen MR) is 97.1 cm³/mol. The molecule has 0 heterocycles. The van der Waals surface area contributed by atoms with Gasteiger partial charge in [-0.15, -0.1) is 0 Å². The lowest BCUT2D eigenvalue weighted by Crippen LogP contribution is -2.28. The number of hydrogen-bond acceptors (Lipinski definition) is 5. The van der Waals surface area contributed by atoms with Gasteiger partial charge in [-0.25, -0.2) is 0 Å². The molecule has 134 valence electrons. The highest BCUT2D eigenvalue weighted by Gasteiger charge is 2.12. The van der Waals surface area contributed by atoms with Crippen molar-refractivity contribution in [3.8, 4) is 5.75 Å². The van der Waals surface area contributed by atoms with Crippen LogP contribution in [0.25, 0.3) is 0 Å². The molecular weight excluding hydrogens is 320 g/mol. The van der Waals surface area contributed by atoms with Gasteiger partial charge < -0.3 is 25.6 Å². The summed E-state index contributed by atoms with van der Waals surface area (Å²) in [5.41, 5.74) is 2.14. The van der Waals surface area contributed by atoms with Crippen molar-refractivity contribution in [2.24, 2.45) is 0 Å². The molecule has 0 aliphatic carbocycles. The van der Waals surface area contributed by atoms with Crippen molar-refractivity contribution < 1.29 is 19.7 Å². The number of methoxy groups -OCH3 is 1. The largest absolute Gasteiger partial charge is 0.496 e. The van der Waals surface area contributed by atoms with Gasteiger partial charge in [0, 0.05) is 18.8 Å². The summed E-state index contributed by atoms with van der Waals surface area (Å²) in [4.78, 5) is 12.4. The van der Waals surface area contributed by atoms with E-state index in [0.29, 0.717) is 24.2 Å². The lowest BCUT2D eigenvalue weighted by Gasteiger charge is -2.14. The van der Waals surface area contributed by atoms with Crippen LogP contribution >= 0.6 is 0 Å². The van der Waals surface area contributed by atoms with E-state index in [4.69, 9.17) is 9.84 Å². The van der Waals surface area contributed by atoms with Crippen LogP contribution in [-0.2, 0) is 6.42 Å². The second kappa shape index (κ2) is 9.66. The number of anilines is 1. The molecule has 2 rings (SSSR count). The number of carbonyl (C=O) groups is 1. The number of hydrogen-bond donors (Lipinski definition) is 4. The molecule has 0 radical (unpaired) electrons. The molecule has 1 unspecified atom stereocenters. The summed E-state index contributed by atoms with van der Waals surface area (Å²) in [6.07, 6.45) is -0.212. The summed E-state index contributed by atoms with van der Waals surface area (Å²) in [6, 6.07) is 14.8. The first-order valence-corrected chi connectivity index (χ1v) is 8.17. The summed E-state index contributed by atoms with van der Waals surface area (Å²) in [5.74, 6) is 0.605. The molecule has 0 aliphatic heterocycles. The van der Waals surface area contributed by atoms with Crippen LogP contribution in [0.1, 0.15) is 15.9 Å². The van der Waals surface area contributed by atoms with Gasteiger partial charge in [-0.2, -0.15) is 0 Å². The van der Waals surface area contributed by atoms with Gasteiger partial charge in [0.15, 0.2) is 0 Å².